The zero-order valence-electron chi connectivity index (χ0n) is 11.1. The maximum Gasteiger partial charge on any atom is 0.261 e. The lowest BCUT2D eigenvalue weighted by Crippen LogP contribution is -2.24. The van der Waals surface area contributed by atoms with Crippen LogP contribution in [-0.4, -0.2) is 24.2 Å². The lowest BCUT2D eigenvalue weighted by molar-refractivity contribution is 0.0958. The van der Waals surface area contributed by atoms with Gasteiger partial charge in [0.2, 0.25) is 0 Å². The first-order chi connectivity index (χ1) is 9.70. The van der Waals surface area contributed by atoms with Gasteiger partial charge in [-0.15, -0.1) is 22.7 Å². The number of nitrogens with one attached hydrogen (secondary N) is 1. The molecular formula is C15H15NO2S2. The van der Waals surface area contributed by atoms with Gasteiger partial charge in [-0.25, -0.2) is 0 Å². The van der Waals surface area contributed by atoms with Crippen LogP contribution < -0.4 is 5.32 Å². The Labute approximate surface area is 126 Å². The van der Waals surface area contributed by atoms with Crippen molar-refractivity contribution < 1.29 is 9.90 Å². The smallest absolute Gasteiger partial charge is 0.261 e. The minimum absolute atomic E-state index is 0.0632. The topological polar surface area (TPSA) is 49.3 Å². The molecule has 0 saturated carbocycles. The number of carbonyl (C=O) groups is 1. The number of aryl methyl sites for hydroxylation is 1. The van der Waals surface area contributed by atoms with E-state index in [-0.39, 0.29) is 12.5 Å². The van der Waals surface area contributed by atoms with Gasteiger partial charge in [-0.2, -0.15) is 0 Å². The summed E-state index contributed by atoms with van der Waals surface area (Å²) in [6.07, 6.45) is 0.852. The molecule has 5 heteroatoms. The van der Waals surface area contributed by atoms with Crippen LogP contribution in [0.2, 0.25) is 0 Å². The summed E-state index contributed by atoms with van der Waals surface area (Å²) >= 11 is 3.06. The predicted molar refractivity (Wildman–Crippen MR) is 83.4 cm³/mol. The largest absolute Gasteiger partial charge is 0.384 e. The van der Waals surface area contributed by atoms with Crippen molar-refractivity contribution >= 4 is 28.6 Å². The van der Waals surface area contributed by atoms with E-state index in [1.165, 1.54) is 16.2 Å². The first kappa shape index (κ1) is 14.8. The number of aliphatic hydroxyl groups excluding tert-OH is 1. The fraction of sp³-hybridized carbons (Fsp3) is 0.267. The summed E-state index contributed by atoms with van der Waals surface area (Å²) in [4.78, 5) is 14.8. The summed E-state index contributed by atoms with van der Waals surface area (Å²) < 4.78 is 0. The van der Waals surface area contributed by atoms with E-state index in [1.54, 1.807) is 11.3 Å². The van der Waals surface area contributed by atoms with Crippen molar-refractivity contribution in [2.24, 2.45) is 0 Å². The molecule has 2 aromatic rings. The Morgan fingerprint density at radius 2 is 2.35 bits per heavy atom. The number of hydrogen-bond donors (Lipinski definition) is 2. The normalized spacial score (nSPS) is 9.90. The molecule has 0 spiro atoms. The maximum absolute atomic E-state index is 12.0. The van der Waals surface area contributed by atoms with Crippen molar-refractivity contribution in [2.45, 2.75) is 13.3 Å². The molecular weight excluding hydrogens is 290 g/mol. The number of carbonyl (C=O) groups excluding carboxylic acids is 1. The molecule has 0 aliphatic heterocycles. The molecule has 0 aromatic carbocycles. The Morgan fingerprint density at radius 3 is 3.05 bits per heavy atom. The van der Waals surface area contributed by atoms with E-state index < -0.39 is 0 Å². The van der Waals surface area contributed by atoms with Gasteiger partial charge in [0.1, 0.15) is 6.61 Å². The third kappa shape index (κ3) is 3.94. The van der Waals surface area contributed by atoms with Crippen LogP contribution in [0.4, 0.5) is 0 Å². The van der Waals surface area contributed by atoms with Gasteiger partial charge in [0.25, 0.3) is 5.91 Å². The molecule has 0 saturated heterocycles. The summed E-state index contributed by atoms with van der Waals surface area (Å²) in [5.74, 6) is 5.40. The van der Waals surface area contributed by atoms with Crippen LogP contribution in [0.25, 0.3) is 0 Å². The van der Waals surface area contributed by atoms with Crippen molar-refractivity contribution in [3.8, 4) is 11.8 Å². The molecule has 0 atom stereocenters. The highest BCUT2D eigenvalue weighted by atomic mass is 32.1. The zero-order valence-corrected chi connectivity index (χ0v) is 12.7. The molecule has 0 aliphatic rings. The first-order valence-corrected chi connectivity index (χ1v) is 7.91. The highest BCUT2D eigenvalue weighted by Gasteiger charge is 2.11. The molecule has 104 valence electrons. The SMILES string of the molecule is Cc1cc(C(=O)NCCc2cccs2)sc1C#CCO. The van der Waals surface area contributed by atoms with Crippen LogP contribution in [0, 0.1) is 18.8 Å². The molecule has 0 aliphatic carbocycles. The van der Waals surface area contributed by atoms with Crippen molar-refractivity contribution in [2.75, 3.05) is 13.2 Å². The maximum atomic E-state index is 12.0. The molecule has 2 rings (SSSR count). The molecule has 2 N–H and O–H groups in total. The van der Waals surface area contributed by atoms with Crippen molar-refractivity contribution in [3.05, 3.63) is 43.8 Å². The van der Waals surface area contributed by atoms with Gasteiger partial charge in [-0.05, 0) is 36.4 Å². The summed E-state index contributed by atoms with van der Waals surface area (Å²) in [5.41, 5.74) is 0.972. The fourth-order valence-corrected chi connectivity index (χ4v) is 3.35. The Bertz CT molecular complexity index is 633. The van der Waals surface area contributed by atoms with E-state index in [9.17, 15) is 4.79 Å². The van der Waals surface area contributed by atoms with E-state index in [1.807, 2.05) is 24.4 Å². The molecule has 20 heavy (non-hydrogen) atoms. The summed E-state index contributed by atoms with van der Waals surface area (Å²) in [6.45, 7) is 2.38. The fourth-order valence-electron chi connectivity index (χ4n) is 1.68. The zero-order chi connectivity index (χ0) is 14.4. The van der Waals surface area contributed by atoms with Crippen LogP contribution in [-0.2, 0) is 6.42 Å². The molecule has 3 nitrogen and oxygen atoms in total. The number of aliphatic hydroxyl groups is 1. The van der Waals surface area contributed by atoms with Crippen molar-refractivity contribution in [1.82, 2.24) is 5.32 Å². The number of amides is 1. The number of thiophene rings is 2. The predicted octanol–water partition coefficient (Wildman–Crippen LogP) is 2.43. The molecule has 0 radical (unpaired) electrons. The molecule has 2 aromatic heterocycles. The lowest BCUT2D eigenvalue weighted by Gasteiger charge is -2.01. The second-order valence-electron chi connectivity index (χ2n) is 4.17. The van der Waals surface area contributed by atoms with Crippen LogP contribution >= 0.6 is 22.7 Å². The van der Waals surface area contributed by atoms with Crippen LogP contribution in [0.5, 0.6) is 0 Å². The molecule has 1 amide bonds. The summed E-state index contributed by atoms with van der Waals surface area (Å²) in [7, 11) is 0. The van der Waals surface area contributed by atoms with Gasteiger partial charge in [0.15, 0.2) is 0 Å². The van der Waals surface area contributed by atoms with E-state index in [4.69, 9.17) is 5.11 Å². The number of rotatable bonds is 4. The van der Waals surface area contributed by atoms with Gasteiger partial charge < -0.3 is 10.4 Å². The quantitative estimate of drug-likeness (QED) is 0.852. The van der Waals surface area contributed by atoms with Gasteiger partial charge in [-0.1, -0.05) is 17.9 Å². The average Bonchev–Trinajstić information content (AvgIpc) is 3.06. The second kappa shape index (κ2) is 7.25. The Balaban J connectivity index is 1.92. The van der Waals surface area contributed by atoms with Crippen molar-refractivity contribution in [3.63, 3.8) is 0 Å². The molecule has 2 heterocycles. The summed E-state index contributed by atoms with van der Waals surface area (Å²) in [6, 6.07) is 5.91. The Kier molecular flexibility index (Phi) is 5.36. The third-order valence-corrected chi connectivity index (χ3v) is 4.75. The van der Waals surface area contributed by atoms with E-state index >= 15 is 0 Å². The van der Waals surface area contributed by atoms with Crippen LogP contribution in [0.1, 0.15) is 25.0 Å². The van der Waals surface area contributed by atoms with Gasteiger partial charge in [-0.3, -0.25) is 4.79 Å². The van der Waals surface area contributed by atoms with Crippen molar-refractivity contribution in [1.29, 1.82) is 0 Å². The highest BCUT2D eigenvalue weighted by Crippen LogP contribution is 2.20. The Hall–Kier alpha value is -1.61. The van der Waals surface area contributed by atoms with Crippen LogP contribution in [0.3, 0.4) is 0 Å². The van der Waals surface area contributed by atoms with E-state index in [2.05, 4.69) is 23.2 Å². The van der Waals surface area contributed by atoms with Gasteiger partial charge >= 0.3 is 0 Å². The Morgan fingerprint density at radius 1 is 1.50 bits per heavy atom. The summed E-state index contributed by atoms with van der Waals surface area (Å²) in [5, 5.41) is 13.6. The lowest BCUT2D eigenvalue weighted by atomic mass is 10.2. The minimum Gasteiger partial charge on any atom is -0.384 e. The standard InChI is InChI=1S/C15H15NO2S2/c1-11-10-14(20-13(11)5-2-8-17)15(18)16-7-6-12-4-3-9-19-12/h3-4,9-10,17H,6-8H2,1H3,(H,16,18). The average molecular weight is 305 g/mol. The van der Waals surface area contributed by atoms with E-state index in [0.29, 0.717) is 11.4 Å². The highest BCUT2D eigenvalue weighted by molar-refractivity contribution is 7.14. The monoisotopic (exact) mass is 305 g/mol. The second-order valence-corrected chi connectivity index (χ2v) is 6.25. The molecule has 0 unspecified atom stereocenters. The first-order valence-electron chi connectivity index (χ1n) is 6.21. The van der Waals surface area contributed by atoms with Crippen LogP contribution in [0.15, 0.2) is 23.6 Å². The minimum atomic E-state index is -0.167. The van der Waals surface area contributed by atoms with Gasteiger partial charge in [0, 0.05) is 11.4 Å². The van der Waals surface area contributed by atoms with E-state index in [0.717, 1.165) is 16.9 Å². The third-order valence-electron chi connectivity index (χ3n) is 2.66. The molecule has 0 bridgehead atoms. The van der Waals surface area contributed by atoms with Gasteiger partial charge in [0.05, 0.1) is 9.75 Å². The molecule has 0 fully saturated rings. The number of hydrogen-bond acceptors (Lipinski definition) is 4.